The van der Waals surface area contributed by atoms with Gasteiger partial charge in [-0.3, -0.25) is 10.0 Å². The number of benzene rings is 2. The quantitative estimate of drug-likeness (QED) is 0.242. The van der Waals surface area contributed by atoms with Crippen LogP contribution in [0.25, 0.3) is 5.70 Å². The van der Waals surface area contributed by atoms with Crippen LogP contribution in [-0.4, -0.2) is 30.8 Å². The van der Waals surface area contributed by atoms with Gasteiger partial charge in [-0.15, -0.1) is 0 Å². The normalized spacial score (nSPS) is 14.6. The van der Waals surface area contributed by atoms with E-state index in [-0.39, 0.29) is 6.03 Å². The Morgan fingerprint density at radius 1 is 1.31 bits per heavy atom. The van der Waals surface area contributed by atoms with Crippen LogP contribution in [0.3, 0.4) is 0 Å². The number of hydrogen-bond acceptors (Lipinski definition) is 5. The van der Waals surface area contributed by atoms with E-state index in [1.807, 2.05) is 44.2 Å². The lowest BCUT2D eigenvalue weighted by atomic mass is 10.0. The Hall–Kier alpha value is -3.03. The number of rotatable bonds is 7. The average molecular weight is 456 g/mol. The maximum Gasteiger partial charge on any atom is 0.335 e. The van der Waals surface area contributed by atoms with Gasteiger partial charge in [-0.25, -0.2) is 10.6 Å². The molecule has 0 radical (unpaired) electrons. The van der Waals surface area contributed by atoms with Crippen molar-refractivity contribution in [1.29, 1.82) is 0 Å². The van der Waals surface area contributed by atoms with Crippen LogP contribution in [0.4, 0.5) is 10.5 Å². The summed E-state index contributed by atoms with van der Waals surface area (Å²) in [5.74, 6) is 6.81. The highest BCUT2D eigenvalue weighted by Gasteiger charge is 2.27. The minimum Gasteiger partial charge on any atom is -0.489 e. The number of hydrazine groups is 1. The Morgan fingerprint density at radius 3 is 2.62 bits per heavy atom. The van der Waals surface area contributed by atoms with E-state index in [0.29, 0.717) is 34.7 Å². The Kier molecular flexibility index (Phi) is 7.43. The second-order valence-electron chi connectivity index (χ2n) is 7.99. The second kappa shape index (κ2) is 10.1. The standard InChI is InChI=1S/C24H30ClN5O2/c1-14-12-17(23(26)22(25)15(2)28-3)10-11-21(14)32-13-19-18(16-8-9-16)6-5-7-20(19)29-24(31)30(4)27/h5-7,10-12,16H,8-9,13,26-27H2,1-4H3,(H,29,31). The zero-order valence-electron chi connectivity index (χ0n) is 18.9. The van der Waals surface area contributed by atoms with Crippen molar-refractivity contribution in [1.82, 2.24) is 5.01 Å². The molecular weight excluding hydrogens is 426 g/mol. The molecule has 0 spiro atoms. The summed E-state index contributed by atoms with van der Waals surface area (Å²) in [6, 6.07) is 11.2. The second-order valence-corrected chi connectivity index (χ2v) is 8.37. The summed E-state index contributed by atoms with van der Waals surface area (Å²) in [4.78, 5) is 16.2. The monoisotopic (exact) mass is 455 g/mol. The summed E-state index contributed by atoms with van der Waals surface area (Å²) >= 11 is 6.33. The molecule has 2 aromatic carbocycles. The molecule has 32 heavy (non-hydrogen) atoms. The summed E-state index contributed by atoms with van der Waals surface area (Å²) in [6.07, 6.45) is 2.28. The summed E-state index contributed by atoms with van der Waals surface area (Å²) in [5.41, 5.74) is 12.0. The Morgan fingerprint density at radius 2 is 2.03 bits per heavy atom. The summed E-state index contributed by atoms with van der Waals surface area (Å²) < 4.78 is 6.18. The minimum absolute atomic E-state index is 0.324. The molecule has 3 rings (SSSR count). The van der Waals surface area contributed by atoms with Gasteiger partial charge in [-0.2, -0.15) is 0 Å². The average Bonchev–Trinajstić information content (AvgIpc) is 3.62. The lowest BCUT2D eigenvalue weighted by molar-refractivity contribution is 0.223. The van der Waals surface area contributed by atoms with Gasteiger partial charge in [0, 0.05) is 25.3 Å². The first-order valence-electron chi connectivity index (χ1n) is 10.5. The highest BCUT2D eigenvalue weighted by Crippen LogP contribution is 2.43. The van der Waals surface area contributed by atoms with Gasteiger partial charge >= 0.3 is 6.03 Å². The molecule has 0 saturated heterocycles. The SMILES string of the molecule is CN=C(C)C(Cl)=C(N)c1ccc(OCc2c(NC(=O)N(C)N)cccc2C2CC2)c(C)c1. The van der Waals surface area contributed by atoms with Crippen molar-refractivity contribution in [3.8, 4) is 5.75 Å². The molecule has 7 nitrogen and oxygen atoms in total. The molecule has 170 valence electrons. The third-order valence-corrected chi connectivity index (χ3v) is 6.02. The number of nitrogens with two attached hydrogens (primary N) is 2. The van der Waals surface area contributed by atoms with Crippen molar-refractivity contribution >= 4 is 34.7 Å². The van der Waals surface area contributed by atoms with E-state index >= 15 is 0 Å². The highest BCUT2D eigenvalue weighted by molar-refractivity contribution is 6.46. The zero-order valence-corrected chi connectivity index (χ0v) is 19.7. The number of urea groups is 1. The maximum absolute atomic E-state index is 12.1. The summed E-state index contributed by atoms with van der Waals surface area (Å²) in [7, 11) is 3.18. The van der Waals surface area contributed by atoms with Crippen LogP contribution in [0, 0.1) is 6.92 Å². The third kappa shape index (κ3) is 5.41. The Bertz CT molecular complexity index is 1070. The predicted molar refractivity (Wildman–Crippen MR) is 131 cm³/mol. The predicted octanol–water partition coefficient (Wildman–Crippen LogP) is 4.75. The number of anilines is 1. The van der Waals surface area contributed by atoms with Gasteiger partial charge in [0.25, 0.3) is 0 Å². The van der Waals surface area contributed by atoms with E-state index < -0.39 is 0 Å². The van der Waals surface area contributed by atoms with Crippen LogP contribution in [0.15, 0.2) is 46.4 Å². The van der Waals surface area contributed by atoms with Crippen molar-refractivity contribution in [2.45, 2.75) is 39.2 Å². The molecule has 0 atom stereocenters. The van der Waals surface area contributed by atoms with Gasteiger partial charge in [0.1, 0.15) is 12.4 Å². The van der Waals surface area contributed by atoms with E-state index in [0.717, 1.165) is 40.3 Å². The summed E-state index contributed by atoms with van der Waals surface area (Å²) in [6.45, 7) is 4.10. The van der Waals surface area contributed by atoms with Gasteiger partial charge < -0.3 is 15.8 Å². The van der Waals surface area contributed by atoms with Crippen molar-refractivity contribution in [2.75, 3.05) is 19.4 Å². The molecule has 1 aliphatic rings. The van der Waals surface area contributed by atoms with Crippen molar-refractivity contribution in [3.05, 3.63) is 63.7 Å². The minimum atomic E-state index is -0.384. The summed E-state index contributed by atoms with van der Waals surface area (Å²) in [5, 5.41) is 4.32. The number of nitrogens with one attached hydrogen (secondary N) is 1. The fourth-order valence-corrected chi connectivity index (χ4v) is 3.61. The van der Waals surface area contributed by atoms with E-state index in [1.165, 1.54) is 12.6 Å². The van der Waals surface area contributed by atoms with Gasteiger partial charge in [-0.05, 0) is 73.6 Å². The third-order valence-electron chi connectivity index (χ3n) is 5.54. The molecule has 1 aliphatic carbocycles. The number of halogens is 1. The number of carbonyl (C=O) groups excluding carboxylic acids is 1. The smallest absolute Gasteiger partial charge is 0.335 e. The molecule has 0 aromatic heterocycles. The number of aliphatic imine (C=N–C) groups is 1. The van der Waals surface area contributed by atoms with E-state index in [9.17, 15) is 4.79 Å². The fraction of sp³-hybridized carbons (Fsp3) is 0.333. The van der Waals surface area contributed by atoms with Gasteiger partial charge in [0.2, 0.25) is 0 Å². The number of nitrogens with zero attached hydrogens (tertiary/aromatic N) is 2. The zero-order chi connectivity index (χ0) is 23.4. The van der Waals surface area contributed by atoms with Crippen LogP contribution in [0.1, 0.15) is 47.9 Å². The number of carbonyl (C=O) groups is 1. The first-order valence-corrected chi connectivity index (χ1v) is 10.8. The largest absolute Gasteiger partial charge is 0.489 e. The molecule has 0 heterocycles. The van der Waals surface area contributed by atoms with Crippen molar-refractivity contribution < 1.29 is 9.53 Å². The topological polar surface area (TPSA) is 106 Å². The molecule has 1 saturated carbocycles. The Labute approximate surface area is 194 Å². The molecule has 1 fully saturated rings. The number of ether oxygens (including phenoxy) is 1. The van der Waals surface area contributed by atoms with Crippen LogP contribution < -0.4 is 21.6 Å². The van der Waals surface area contributed by atoms with Crippen LogP contribution in [0.2, 0.25) is 0 Å². The Balaban J connectivity index is 1.84. The first kappa shape index (κ1) is 23.6. The molecule has 2 amide bonds. The molecule has 0 aliphatic heterocycles. The van der Waals surface area contributed by atoms with E-state index in [2.05, 4.69) is 16.4 Å². The van der Waals surface area contributed by atoms with Crippen molar-refractivity contribution in [3.63, 3.8) is 0 Å². The lowest BCUT2D eigenvalue weighted by Gasteiger charge is -2.19. The van der Waals surface area contributed by atoms with E-state index in [1.54, 1.807) is 7.05 Å². The molecule has 8 heteroatoms. The maximum atomic E-state index is 12.1. The molecule has 0 unspecified atom stereocenters. The van der Waals surface area contributed by atoms with Gasteiger partial charge in [0.05, 0.1) is 16.4 Å². The van der Waals surface area contributed by atoms with Crippen LogP contribution in [-0.2, 0) is 6.61 Å². The van der Waals surface area contributed by atoms with Gasteiger partial charge in [-0.1, -0.05) is 23.7 Å². The molecule has 0 bridgehead atoms. The highest BCUT2D eigenvalue weighted by atomic mass is 35.5. The molecule has 2 aromatic rings. The number of aryl methyl sites for hydroxylation is 1. The first-order chi connectivity index (χ1) is 15.2. The molecule has 5 N–H and O–H groups in total. The van der Waals surface area contributed by atoms with E-state index in [4.69, 9.17) is 27.9 Å². The molecular formula is C24H30ClN5O2. The number of allylic oxidation sites excluding steroid dienone is 1. The van der Waals surface area contributed by atoms with Crippen LogP contribution >= 0.6 is 11.6 Å². The van der Waals surface area contributed by atoms with Crippen molar-refractivity contribution in [2.24, 2.45) is 16.6 Å². The lowest BCUT2D eigenvalue weighted by Crippen LogP contribution is -2.37. The fourth-order valence-electron chi connectivity index (χ4n) is 3.41. The van der Waals surface area contributed by atoms with Gasteiger partial charge in [0.15, 0.2) is 0 Å². The van der Waals surface area contributed by atoms with Crippen LogP contribution in [0.5, 0.6) is 5.75 Å². The number of hydrogen-bond donors (Lipinski definition) is 3. The number of amides is 2.